The van der Waals surface area contributed by atoms with E-state index in [0.29, 0.717) is 11.2 Å². The number of alkyl halides is 1. The lowest BCUT2D eigenvalue weighted by atomic mass is 10.1. The van der Waals surface area contributed by atoms with Gasteiger partial charge in [-0.25, -0.2) is 0 Å². The van der Waals surface area contributed by atoms with E-state index < -0.39 is 0 Å². The maximum absolute atomic E-state index is 11.9. The summed E-state index contributed by atoms with van der Waals surface area (Å²) in [5.41, 5.74) is 2.51. The zero-order valence-corrected chi connectivity index (χ0v) is 11.7. The molecule has 1 unspecified atom stereocenters. The zero-order valence-electron chi connectivity index (χ0n) is 10.2. The van der Waals surface area contributed by atoms with Crippen molar-refractivity contribution in [3.8, 4) is 0 Å². The van der Waals surface area contributed by atoms with Crippen LogP contribution in [0.5, 0.6) is 0 Å². The van der Waals surface area contributed by atoms with E-state index in [-0.39, 0.29) is 5.91 Å². The van der Waals surface area contributed by atoms with Crippen LogP contribution in [0.2, 0.25) is 0 Å². The molecule has 0 radical (unpaired) electrons. The van der Waals surface area contributed by atoms with E-state index in [1.165, 1.54) is 11.1 Å². The zero-order chi connectivity index (χ0) is 12.3. The van der Waals surface area contributed by atoms with Crippen molar-refractivity contribution in [1.82, 2.24) is 4.90 Å². The number of benzene rings is 1. The number of likely N-dealkylation sites (tertiary alicyclic amines) is 1. The van der Waals surface area contributed by atoms with Gasteiger partial charge >= 0.3 is 0 Å². The van der Waals surface area contributed by atoms with Crippen LogP contribution < -0.4 is 0 Å². The van der Waals surface area contributed by atoms with Crippen molar-refractivity contribution in [3.05, 3.63) is 35.4 Å². The Balaban J connectivity index is 1.82. The molecule has 2 rings (SSSR count). The average molecular weight is 296 g/mol. The van der Waals surface area contributed by atoms with Crippen LogP contribution in [0.25, 0.3) is 0 Å². The van der Waals surface area contributed by atoms with Gasteiger partial charge in [-0.15, -0.1) is 0 Å². The van der Waals surface area contributed by atoms with Crippen molar-refractivity contribution in [2.75, 3.05) is 13.1 Å². The molecule has 3 heteroatoms. The molecule has 1 aliphatic heterocycles. The first kappa shape index (κ1) is 12.6. The number of carbonyl (C=O) groups is 1. The first-order valence-electron chi connectivity index (χ1n) is 6.12. The Hall–Kier alpha value is -0.830. The van der Waals surface area contributed by atoms with Crippen molar-refractivity contribution in [1.29, 1.82) is 0 Å². The molecule has 1 fully saturated rings. The van der Waals surface area contributed by atoms with Gasteiger partial charge in [0.15, 0.2) is 0 Å². The molecule has 1 saturated heterocycles. The number of rotatable bonds is 3. The fourth-order valence-corrected chi connectivity index (χ4v) is 2.66. The fraction of sp³-hybridized carbons (Fsp3) is 0.500. The van der Waals surface area contributed by atoms with E-state index >= 15 is 0 Å². The van der Waals surface area contributed by atoms with Crippen molar-refractivity contribution in [2.45, 2.75) is 31.0 Å². The number of hydrogen-bond acceptors (Lipinski definition) is 1. The number of amides is 1. The highest BCUT2D eigenvalue weighted by molar-refractivity contribution is 9.09. The van der Waals surface area contributed by atoms with Gasteiger partial charge in [-0.3, -0.25) is 4.79 Å². The second-order valence-electron chi connectivity index (χ2n) is 4.71. The van der Waals surface area contributed by atoms with Crippen LogP contribution in [-0.2, 0) is 11.2 Å². The topological polar surface area (TPSA) is 20.3 Å². The van der Waals surface area contributed by atoms with Gasteiger partial charge in [0.1, 0.15) is 0 Å². The first-order valence-corrected chi connectivity index (χ1v) is 7.04. The van der Waals surface area contributed by atoms with Crippen LogP contribution in [0.4, 0.5) is 0 Å². The minimum absolute atomic E-state index is 0.285. The van der Waals surface area contributed by atoms with Crippen molar-refractivity contribution in [2.24, 2.45) is 0 Å². The predicted octanol–water partition coefficient (Wildman–Crippen LogP) is 2.92. The molecule has 0 N–H and O–H groups in total. The number of aryl methyl sites for hydroxylation is 2. The van der Waals surface area contributed by atoms with E-state index in [0.717, 1.165) is 25.9 Å². The van der Waals surface area contributed by atoms with Gasteiger partial charge in [0, 0.05) is 24.3 Å². The summed E-state index contributed by atoms with van der Waals surface area (Å²) in [7, 11) is 0. The quantitative estimate of drug-likeness (QED) is 0.785. The first-order chi connectivity index (χ1) is 8.15. The van der Waals surface area contributed by atoms with Gasteiger partial charge in [-0.1, -0.05) is 45.8 Å². The molecular formula is C14H18BrNO. The van der Waals surface area contributed by atoms with Crippen LogP contribution in [0, 0.1) is 6.92 Å². The number of nitrogens with zero attached hydrogens (tertiary/aromatic N) is 1. The van der Waals surface area contributed by atoms with Crippen molar-refractivity contribution < 1.29 is 4.79 Å². The Bertz CT molecular complexity index is 388. The predicted molar refractivity (Wildman–Crippen MR) is 73.4 cm³/mol. The molecule has 17 heavy (non-hydrogen) atoms. The molecule has 0 spiro atoms. The van der Waals surface area contributed by atoms with E-state index in [9.17, 15) is 4.79 Å². The van der Waals surface area contributed by atoms with Crippen LogP contribution in [0.15, 0.2) is 24.3 Å². The molecular weight excluding hydrogens is 278 g/mol. The smallest absolute Gasteiger partial charge is 0.222 e. The molecule has 1 aliphatic rings. The largest absolute Gasteiger partial charge is 0.342 e. The molecule has 0 saturated carbocycles. The van der Waals surface area contributed by atoms with Gasteiger partial charge < -0.3 is 4.90 Å². The third-order valence-electron chi connectivity index (χ3n) is 3.23. The molecule has 0 aliphatic carbocycles. The highest BCUT2D eigenvalue weighted by Gasteiger charge is 2.23. The van der Waals surface area contributed by atoms with Gasteiger partial charge in [0.25, 0.3) is 0 Å². The summed E-state index contributed by atoms with van der Waals surface area (Å²) in [6, 6.07) is 8.42. The summed E-state index contributed by atoms with van der Waals surface area (Å²) in [5, 5.41) is 0. The highest BCUT2D eigenvalue weighted by atomic mass is 79.9. The SMILES string of the molecule is Cc1ccc(CCC(=O)N2CCC(Br)C2)cc1. The summed E-state index contributed by atoms with van der Waals surface area (Å²) in [6.45, 7) is 3.85. The van der Waals surface area contributed by atoms with Crippen LogP contribution in [0.3, 0.4) is 0 Å². The molecule has 1 heterocycles. The standard InChI is InChI=1S/C14H18BrNO/c1-11-2-4-12(5-3-11)6-7-14(17)16-9-8-13(15)10-16/h2-5,13H,6-10H2,1H3. The normalized spacial score (nSPS) is 19.6. The lowest BCUT2D eigenvalue weighted by molar-refractivity contribution is -0.130. The maximum Gasteiger partial charge on any atom is 0.222 e. The van der Waals surface area contributed by atoms with E-state index in [1.54, 1.807) is 0 Å². The molecule has 1 aromatic rings. The summed E-state index contributed by atoms with van der Waals surface area (Å²) in [5.74, 6) is 0.285. The molecule has 0 aromatic heterocycles. The van der Waals surface area contributed by atoms with Gasteiger partial charge in [-0.2, -0.15) is 0 Å². The molecule has 92 valence electrons. The van der Waals surface area contributed by atoms with Gasteiger partial charge in [-0.05, 0) is 25.3 Å². The second-order valence-corrected chi connectivity index (χ2v) is 6.01. The Labute approximate surface area is 111 Å². The van der Waals surface area contributed by atoms with Gasteiger partial charge in [0.05, 0.1) is 0 Å². The van der Waals surface area contributed by atoms with Gasteiger partial charge in [0.2, 0.25) is 5.91 Å². The Morgan fingerprint density at radius 3 is 2.71 bits per heavy atom. The minimum Gasteiger partial charge on any atom is -0.342 e. The van der Waals surface area contributed by atoms with Crippen LogP contribution in [-0.4, -0.2) is 28.7 Å². The van der Waals surface area contributed by atoms with Crippen LogP contribution in [0.1, 0.15) is 24.0 Å². The second kappa shape index (κ2) is 5.67. The fourth-order valence-electron chi connectivity index (χ4n) is 2.11. The summed E-state index contributed by atoms with van der Waals surface area (Å²) in [6.07, 6.45) is 2.56. The van der Waals surface area contributed by atoms with E-state index in [1.807, 2.05) is 4.90 Å². The maximum atomic E-state index is 11.9. The average Bonchev–Trinajstić information content (AvgIpc) is 2.75. The molecule has 1 atom stereocenters. The minimum atomic E-state index is 0.285. The number of carbonyl (C=O) groups excluding carboxylic acids is 1. The van der Waals surface area contributed by atoms with Crippen molar-refractivity contribution in [3.63, 3.8) is 0 Å². The lowest BCUT2D eigenvalue weighted by Gasteiger charge is -2.15. The summed E-state index contributed by atoms with van der Waals surface area (Å²) >= 11 is 3.56. The Morgan fingerprint density at radius 2 is 2.12 bits per heavy atom. The Morgan fingerprint density at radius 1 is 1.41 bits per heavy atom. The molecule has 1 amide bonds. The number of halogens is 1. The van der Waals surface area contributed by atoms with E-state index in [2.05, 4.69) is 47.1 Å². The molecule has 2 nitrogen and oxygen atoms in total. The molecule has 1 aromatic carbocycles. The lowest BCUT2D eigenvalue weighted by Crippen LogP contribution is -2.28. The summed E-state index contributed by atoms with van der Waals surface area (Å²) < 4.78 is 0. The number of hydrogen-bond donors (Lipinski definition) is 0. The molecule has 0 bridgehead atoms. The van der Waals surface area contributed by atoms with Crippen LogP contribution >= 0.6 is 15.9 Å². The third kappa shape index (κ3) is 3.56. The Kier molecular flexibility index (Phi) is 4.21. The summed E-state index contributed by atoms with van der Waals surface area (Å²) in [4.78, 5) is 14.4. The van der Waals surface area contributed by atoms with E-state index in [4.69, 9.17) is 0 Å². The third-order valence-corrected chi connectivity index (χ3v) is 3.98. The van der Waals surface area contributed by atoms with Crippen molar-refractivity contribution >= 4 is 21.8 Å². The highest BCUT2D eigenvalue weighted by Crippen LogP contribution is 2.17. The monoisotopic (exact) mass is 295 g/mol.